The van der Waals surface area contributed by atoms with Crippen LogP contribution in [0.2, 0.25) is 10.0 Å². The second kappa shape index (κ2) is 11.0. The molecule has 0 atom stereocenters. The fourth-order valence-corrected chi connectivity index (χ4v) is 2.97. The molecule has 0 aliphatic heterocycles. The first-order valence-corrected chi connectivity index (χ1v) is 10.2. The zero-order chi connectivity index (χ0) is 24.7. The summed E-state index contributed by atoms with van der Waals surface area (Å²) in [4.78, 5) is 46.7. The Bertz CT molecular complexity index is 1310. The van der Waals surface area contributed by atoms with Crippen LogP contribution in [-0.4, -0.2) is 28.9 Å². The van der Waals surface area contributed by atoms with Crippen LogP contribution in [-0.2, 0) is 9.59 Å². The fourth-order valence-electron chi connectivity index (χ4n) is 2.62. The zero-order valence-corrected chi connectivity index (χ0v) is 18.5. The largest absolute Gasteiger partial charge is 0.423 e. The quantitative estimate of drug-likeness (QED) is 0.130. The summed E-state index contributed by atoms with van der Waals surface area (Å²) in [5.74, 6) is -2.91. The van der Waals surface area contributed by atoms with Gasteiger partial charge in [0.15, 0.2) is 0 Å². The maximum absolute atomic E-state index is 12.3. The number of nitrogens with one attached hydrogen (secondary N) is 2. The van der Waals surface area contributed by atoms with Crippen molar-refractivity contribution in [1.29, 1.82) is 0 Å². The molecule has 0 radical (unpaired) electrons. The summed E-state index contributed by atoms with van der Waals surface area (Å²) in [6.07, 6.45) is 1.21. The average Bonchev–Trinajstić information content (AvgIpc) is 2.82. The van der Waals surface area contributed by atoms with E-state index in [-0.39, 0.29) is 32.7 Å². The van der Waals surface area contributed by atoms with E-state index in [1.807, 2.05) is 0 Å². The molecule has 0 spiro atoms. The first-order valence-electron chi connectivity index (χ1n) is 9.40. The standard InChI is InChI=1S/C22H14Cl2N4O6/c23-16-8-4-9-17(19(16)24)26-20(29)21(30)27-25-12-13-5-3-6-14(11-13)34-22(31)15-7-1-2-10-18(15)28(32)33/h1-12H,(H,26,29)(H,27,30)/b25-12+. The average molecular weight is 501 g/mol. The Kier molecular flexibility index (Phi) is 7.91. The third-order valence-electron chi connectivity index (χ3n) is 4.18. The van der Waals surface area contributed by atoms with E-state index >= 15 is 0 Å². The predicted octanol–water partition coefficient (Wildman–Crippen LogP) is 4.21. The number of hydrazone groups is 1. The van der Waals surface area contributed by atoms with Gasteiger partial charge < -0.3 is 10.1 Å². The Morgan fingerprint density at radius 1 is 0.971 bits per heavy atom. The van der Waals surface area contributed by atoms with Gasteiger partial charge >= 0.3 is 17.8 Å². The molecule has 0 aromatic heterocycles. The smallest absolute Gasteiger partial charge is 0.350 e. The van der Waals surface area contributed by atoms with Crippen LogP contribution in [0.15, 0.2) is 71.8 Å². The van der Waals surface area contributed by atoms with E-state index in [4.69, 9.17) is 27.9 Å². The highest BCUT2D eigenvalue weighted by molar-refractivity contribution is 6.45. The van der Waals surface area contributed by atoms with Gasteiger partial charge in [-0.2, -0.15) is 5.10 Å². The number of esters is 1. The van der Waals surface area contributed by atoms with Gasteiger partial charge in [0.1, 0.15) is 11.3 Å². The Morgan fingerprint density at radius 2 is 1.71 bits per heavy atom. The molecule has 3 rings (SSSR count). The van der Waals surface area contributed by atoms with Crippen LogP contribution in [0.3, 0.4) is 0 Å². The number of benzene rings is 3. The van der Waals surface area contributed by atoms with Crippen molar-refractivity contribution in [2.24, 2.45) is 5.10 Å². The van der Waals surface area contributed by atoms with Crippen LogP contribution < -0.4 is 15.5 Å². The second-order valence-electron chi connectivity index (χ2n) is 6.49. The Labute approximate surface area is 202 Å². The van der Waals surface area contributed by atoms with Crippen LogP contribution in [0.25, 0.3) is 0 Å². The third-order valence-corrected chi connectivity index (χ3v) is 4.99. The van der Waals surface area contributed by atoms with E-state index in [2.05, 4.69) is 15.8 Å². The SMILES string of the molecule is O=C(N/N=C/c1cccc(OC(=O)c2ccccc2[N+](=O)[O-])c1)C(=O)Nc1cccc(Cl)c1Cl. The van der Waals surface area contributed by atoms with Crippen molar-refractivity contribution in [2.45, 2.75) is 0 Å². The third kappa shape index (κ3) is 6.15. The first-order chi connectivity index (χ1) is 16.3. The van der Waals surface area contributed by atoms with Crippen LogP contribution in [0, 0.1) is 10.1 Å². The first kappa shape index (κ1) is 24.4. The Morgan fingerprint density at radius 3 is 2.47 bits per heavy atom. The minimum Gasteiger partial charge on any atom is -0.423 e. The highest BCUT2D eigenvalue weighted by Gasteiger charge is 2.21. The van der Waals surface area contributed by atoms with Crippen LogP contribution in [0.1, 0.15) is 15.9 Å². The van der Waals surface area contributed by atoms with Crippen molar-refractivity contribution < 1.29 is 24.0 Å². The summed E-state index contributed by atoms with van der Waals surface area (Å²) in [5, 5.41) is 17.4. The Hall–Kier alpha value is -4.28. The molecule has 0 saturated heterocycles. The van der Waals surface area contributed by atoms with Gasteiger partial charge in [-0.3, -0.25) is 19.7 Å². The summed E-state index contributed by atoms with van der Waals surface area (Å²) < 4.78 is 5.21. The Balaban J connectivity index is 1.62. The van der Waals surface area contributed by atoms with E-state index < -0.39 is 22.7 Å². The summed E-state index contributed by atoms with van der Waals surface area (Å²) in [5.41, 5.74) is 2.03. The van der Waals surface area contributed by atoms with E-state index in [0.29, 0.717) is 5.56 Å². The minimum atomic E-state index is -1.06. The van der Waals surface area contributed by atoms with Gasteiger partial charge in [0.25, 0.3) is 5.69 Å². The van der Waals surface area contributed by atoms with Gasteiger partial charge in [0, 0.05) is 6.07 Å². The van der Waals surface area contributed by atoms with Gasteiger partial charge in [-0.15, -0.1) is 0 Å². The minimum absolute atomic E-state index is 0.0843. The fraction of sp³-hybridized carbons (Fsp3) is 0. The van der Waals surface area contributed by atoms with E-state index in [1.54, 1.807) is 18.2 Å². The normalized spacial score (nSPS) is 10.5. The summed E-state index contributed by atoms with van der Waals surface area (Å²) in [6, 6.07) is 15.9. The van der Waals surface area contributed by atoms with Crippen LogP contribution >= 0.6 is 23.2 Å². The molecule has 0 unspecified atom stereocenters. The lowest BCUT2D eigenvalue weighted by Gasteiger charge is -2.07. The predicted molar refractivity (Wildman–Crippen MR) is 125 cm³/mol. The lowest BCUT2D eigenvalue weighted by molar-refractivity contribution is -0.385. The van der Waals surface area contributed by atoms with Crippen molar-refractivity contribution in [1.82, 2.24) is 5.43 Å². The molecule has 0 aliphatic rings. The van der Waals surface area contributed by atoms with E-state index in [1.165, 1.54) is 54.7 Å². The number of nitro groups is 1. The van der Waals surface area contributed by atoms with Gasteiger partial charge in [0.05, 0.1) is 26.9 Å². The molecule has 0 saturated carbocycles. The number of amides is 2. The highest BCUT2D eigenvalue weighted by Crippen LogP contribution is 2.29. The molecule has 0 fully saturated rings. The van der Waals surface area contributed by atoms with E-state index in [0.717, 1.165) is 0 Å². The van der Waals surface area contributed by atoms with Crippen molar-refractivity contribution in [2.75, 3.05) is 5.32 Å². The van der Waals surface area contributed by atoms with Gasteiger partial charge in [-0.25, -0.2) is 10.2 Å². The molecule has 3 aromatic rings. The molecular formula is C22H14Cl2N4O6. The molecule has 12 heteroatoms. The van der Waals surface area contributed by atoms with Gasteiger partial charge in [-0.1, -0.05) is 53.5 Å². The van der Waals surface area contributed by atoms with Crippen molar-refractivity contribution >= 4 is 58.6 Å². The second-order valence-corrected chi connectivity index (χ2v) is 7.28. The van der Waals surface area contributed by atoms with Crippen molar-refractivity contribution in [3.8, 4) is 5.75 Å². The summed E-state index contributed by atoms with van der Waals surface area (Å²) in [6.45, 7) is 0. The number of anilines is 1. The van der Waals surface area contributed by atoms with Crippen molar-refractivity contribution in [3.63, 3.8) is 0 Å². The van der Waals surface area contributed by atoms with Gasteiger partial charge in [-0.05, 0) is 35.9 Å². The molecule has 10 nitrogen and oxygen atoms in total. The number of hydrogen-bond acceptors (Lipinski definition) is 7. The molecule has 3 aromatic carbocycles. The number of carbonyl (C=O) groups excluding carboxylic acids is 3. The lowest BCUT2D eigenvalue weighted by atomic mass is 10.2. The molecule has 0 heterocycles. The number of nitrogens with zero attached hydrogens (tertiary/aromatic N) is 2. The molecule has 0 aliphatic carbocycles. The molecular weight excluding hydrogens is 487 g/mol. The molecule has 172 valence electrons. The van der Waals surface area contributed by atoms with Crippen LogP contribution in [0.4, 0.5) is 11.4 Å². The summed E-state index contributed by atoms with van der Waals surface area (Å²) >= 11 is 11.8. The monoisotopic (exact) mass is 500 g/mol. The molecule has 34 heavy (non-hydrogen) atoms. The van der Waals surface area contributed by atoms with E-state index in [9.17, 15) is 24.5 Å². The number of rotatable bonds is 6. The maximum Gasteiger partial charge on any atom is 0.350 e. The topological polar surface area (TPSA) is 140 Å². The number of halogens is 2. The molecule has 0 bridgehead atoms. The lowest BCUT2D eigenvalue weighted by Crippen LogP contribution is -2.32. The maximum atomic E-state index is 12.3. The molecule has 2 amide bonds. The number of para-hydroxylation sites is 1. The highest BCUT2D eigenvalue weighted by atomic mass is 35.5. The number of ether oxygens (including phenoxy) is 1. The van der Waals surface area contributed by atoms with Crippen LogP contribution in [0.5, 0.6) is 5.75 Å². The zero-order valence-electron chi connectivity index (χ0n) is 17.0. The van der Waals surface area contributed by atoms with Crippen molar-refractivity contribution in [3.05, 3.63) is 98.0 Å². The number of hydrogen-bond donors (Lipinski definition) is 2. The summed E-state index contributed by atoms with van der Waals surface area (Å²) in [7, 11) is 0. The number of nitro benzene ring substituents is 1. The number of carbonyl (C=O) groups is 3. The molecule has 2 N–H and O–H groups in total. The van der Waals surface area contributed by atoms with Gasteiger partial charge in [0.2, 0.25) is 0 Å².